The van der Waals surface area contributed by atoms with Crippen molar-refractivity contribution in [2.45, 2.75) is 13.8 Å². The van der Waals surface area contributed by atoms with Crippen LogP contribution in [0, 0.1) is 13.8 Å². The zero-order valence-electron chi connectivity index (χ0n) is 9.87. The number of aromatic carboxylic acids is 1. The Labute approximate surface area is 93.7 Å². The molecule has 2 aromatic rings. The van der Waals surface area contributed by atoms with Gasteiger partial charge in [-0.15, -0.1) is 0 Å². The lowest BCUT2D eigenvalue weighted by Crippen LogP contribution is -2.41. The lowest BCUT2D eigenvalue weighted by Gasteiger charge is -1.99. The Balaban J connectivity index is 3.00. The van der Waals surface area contributed by atoms with Crippen molar-refractivity contribution >= 4 is 17.0 Å². The van der Waals surface area contributed by atoms with Gasteiger partial charge in [0.15, 0.2) is 17.0 Å². The van der Waals surface area contributed by atoms with Crippen molar-refractivity contribution in [2.75, 3.05) is 0 Å². The number of nitrogens with zero attached hydrogens (tertiary/aromatic N) is 2. The maximum atomic E-state index is 11.1. The summed E-state index contributed by atoms with van der Waals surface area (Å²) >= 11 is 0. The summed E-state index contributed by atoms with van der Waals surface area (Å²) in [4.78, 5) is 11.1. The zero-order valence-corrected chi connectivity index (χ0v) is 9.87. The Bertz CT molecular complexity index is 597. The summed E-state index contributed by atoms with van der Waals surface area (Å²) in [5, 5.41) is 11.1. The summed E-state index contributed by atoms with van der Waals surface area (Å²) in [6, 6.07) is 3.93. The zero-order chi connectivity index (χ0) is 12.0. The number of carbonyl (C=O) groups excluding carboxylic acids is 1. The molecule has 2 rings (SSSR count). The van der Waals surface area contributed by atoms with E-state index in [9.17, 15) is 9.90 Å². The van der Waals surface area contributed by atoms with Crippen molar-refractivity contribution < 1.29 is 14.5 Å². The third-order valence-electron chi connectivity index (χ3n) is 3.20. The lowest BCUT2D eigenvalue weighted by atomic mass is 10.1. The Morgan fingerprint density at radius 3 is 2.56 bits per heavy atom. The fourth-order valence-corrected chi connectivity index (χ4v) is 2.20. The van der Waals surface area contributed by atoms with Crippen molar-refractivity contribution in [3.05, 3.63) is 29.1 Å². The van der Waals surface area contributed by atoms with E-state index in [1.54, 1.807) is 23.2 Å². The van der Waals surface area contributed by atoms with E-state index in [4.69, 9.17) is 0 Å². The van der Waals surface area contributed by atoms with Crippen LogP contribution in [0.1, 0.15) is 21.7 Å². The van der Waals surface area contributed by atoms with E-state index in [0.29, 0.717) is 0 Å². The lowest BCUT2D eigenvalue weighted by molar-refractivity contribution is -0.651. The van der Waals surface area contributed by atoms with Crippen molar-refractivity contribution in [2.24, 2.45) is 14.1 Å². The Hall–Kier alpha value is -1.84. The van der Waals surface area contributed by atoms with Crippen molar-refractivity contribution in [1.29, 1.82) is 0 Å². The van der Waals surface area contributed by atoms with E-state index in [0.717, 1.165) is 22.2 Å². The number of carboxylic acid groups (broad SMARTS) is 1. The summed E-state index contributed by atoms with van der Waals surface area (Å²) in [6.07, 6.45) is 0. The molecular weight excluding hydrogens is 204 g/mol. The van der Waals surface area contributed by atoms with Gasteiger partial charge in [0.2, 0.25) is 0 Å². The molecule has 0 fully saturated rings. The number of hydrogen-bond acceptors (Lipinski definition) is 2. The van der Waals surface area contributed by atoms with Crippen LogP contribution in [0.3, 0.4) is 0 Å². The molecule has 0 amide bonds. The molecular formula is C12H14N2O2. The molecule has 0 aliphatic carbocycles. The number of imidazole rings is 1. The van der Waals surface area contributed by atoms with Crippen LogP contribution in [0.5, 0.6) is 0 Å². The second-order valence-corrected chi connectivity index (χ2v) is 4.10. The predicted octanol–water partition coefficient (Wildman–Crippen LogP) is -0.0169. The number of carbonyl (C=O) groups is 1. The van der Waals surface area contributed by atoms with Gasteiger partial charge in [-0.25, -0.2) is 9.13 Å². The first-order valence-corrected chi connectivity index (χ1v) is 5.11. The van der Waals surface area contributed by atoms with Gasteiger partial charge < -0.3 is 9.90 Å². The Morgan fingerprint density at radius 1 is 1.38 bits per heavy atom. The van der Waals surface area contributed by atoms with Crippen LogP contribution in [0.4, 0.5) is 0 Å². The van der Waals surface area contributed by atoms with Gasteiger partial charge in [0, 0.05) is 5.56 Å². The van der Waals surface area contributed by atoms with Crippen LogP contribution < -0.4 is 9.67 Å². The van der Waals surface area contributed by atoms with Gasteiger partial charge in [-0.2, -0.15) is 0 Å². The largest absolute Gasteiger partial charge is 0.538 e. The van der Waals surface area contributed by atoms with E-state index >= 15 is 0 Å². The third-order valence-corrected chi connectivity index (χ3v) is 3.20. The van der Waals surface area contributed by atoms with Crippen LogP contribution in [-0.2, 0) is 14.1 Å². The monoisotopic (exact) mass is 218 g/mol. The van der Waals surface area contributed by atoms with Gasteiger partial charge >= 0.3 is 5.82 Å². The number of fused-ring (bicyclic) bond motifs is 1. The van der Waals surface area contributed by atoms with E-state index < -0.39 is 5.97 Å². The Morgan fingerprint density at radius 2 is 2.00 bits per heavy atom. The second kappa shape index (κ2) is 3.33. The molecule has 0 N–H and O–H groups in total. The first-order valence-electron chi connectivity index (χ1n) is 5.11. The van der Waals surface area contributed by atoms with Crippen molar-refractivity contribution in [3.8, 4) is 0 Å². The maximum Gasteiger partial charge on any atom is 0.305 e. The average molecular weight is 218 g/mol. The van der Waals surface area contributed by atoms with Crippen LogP contribution >= 0.6 is 0 Å². The van der Waals surface area contributed by atoms with E-state index in [1.807, 2.05) is 26.0 Å². The molecule has 0 aliphatic heterocycles. The molecule has 0 saturated heterocycles. The average Bonchev–Trinajstić information content (AvgIpc) is 2.45. The van der Waals surface area contributed by atoms with Crippen molar-refractivity contribution in [1.82, 2.24) is 4.57 Å². The molecule has 0 bridgehead atoms. The molecule has 1 aromatic heterocycles. The van der Waals surface area contributed by atoms with Gasteiger partial charge in [0.1, 0.15) is 0 Å². The quantitative estimate of drug-likeness (QED) is 0.632. The molecule has 16 heavy (non-hydrogen) atoms. The highest BCUT2D eigenvalue weighted by Crippen LogP contribution is 2.19. The third kappa shape index (κ3) is 1.23. The highest BCUT2D eigenvalue weighted by molar-refractivity contribution is 5.86. The fourth-order valence-electron chi connectivity index (χ4n) is 2.20. The molecule has 84 valence electrons. The minimum Gasteiger partial charge on any atom is -0.538 e. The fraction of sp³-hybridized carbons (Fsp3) is 0.333. The smallest absolute Gasteiger partial charge is 0.305 e. The maximum absolute atomic E-state index is 11.1. The number of aromatic nitrogens is 2. The van der Waals surface area contributed by atoms with Gasteiger partial charge in [0.05, 0.1) is 14.1 Å². The molecule has 4 nitrogen and oxygen atoms in total. The summed E-state index contributed by atoms with van der Waals surface area (Å²) < 4.78 is 3.32. The molecule has 0 atom stereocenters. The molecule has 4 heteroatoms. The van der Waals surface area contributed by atoms with E-state index in [2.05, 4.69) is 0 Å². The topological polar surface area (TPSA) is 48.9 Å². The number of rotatable bonds is 1. The number of carboxylic acids is 1. The van der Waals surface area contributed by atoms with Gasteiger partial charge in [-0.1, -0.05) is 6.07 Å². The summed E-state index contributed by atoms with van der Waals surface area (Å²) in [5.41, 5.74) is 4.10. The van der Waals surface area contributed by atoms with Gasteiger partial charge in [-0.3, -0.25) is 0 Å². The molecule has 0 unspecified atom stereocenters. The van der Waals surface area contributed by atoms with Crippen LogP contribution in [0.25, 0.3) is 11.0 Å². The second-order valence-electron chi connectivity index (χ2n) is 4.10. The summed E-state index contributed by atoms with van der Waals surface area (Å²) in [7, 11) is 3.49. The van der Waals surface area contributed by atoms with Gasteiger partial charge in [0.25, 0.3) is 0 Å². The summed E-state index contributed by atoms with van der Waals surface area (Å²) in [6.45, 7) is 4.01. The predicted molar refractivity (Wildman–Crippen MR) is 57.9 cm³/mol. The minimum absolute atomic E-state index is 0.184. The SMILES string of the molecule is Cc1ccc2c(c1C)[n+](C)c(C(=O)[O-])n2C. The van der Waals surface area contributed by atoms with Crippen LogP contribution in [0.2, 0.25) is 0 Å². The molecule has 1 aromatic carbocycles. The van der Waals surface area contributed by atoms with Crippen LogP contribution in [0.15, 0.2) is 12.1 Å². The first-order chi connectivity index (χ1) is 7.45. The molecule has 0 saturated carbocycles. The minimum atomic E-state index is -1.15. The van der Waals surface area contributed by atoms with E-state index in [-0.39, 0.29) is 5.82 Å². The standard InChI is InChI=1S/C12H14N2O2/c1-7-5-6-9-10(8(7)2)14(4)11(12(15)16)13(9)3/h5-6H,1-4H3. The highest BCUT2D eigenvalue weighted by atomic mass is 16.4. The number of aryl methyl sites for hydroxylation is 4. The Kier molecular flexibility index (Phi) is 2.22. The van der Waals surface area contributed by atoms with E-state index in [1.165, 1.54) is 0 Å². The highest BCUT2D eigenvalue weighted by Gasteiger charge is 2.22. The number of benzene rings is 1. The normalized spacial score (nSPS) is 11.0. The molecule has 1 heterocycles. The number of hydrogen-bond donors (Lipinski definition) is 0. The first kappa shape index (κ1) is 10.7. The van der Waals surface area contributed by atoms with Crippen LogP contribution in [-0.4, -0.2) is 10.5 Å². The summed E-state index contributed by atoms with van der Waals surface area (Å²) in [5.74, 6) is -0.970. The van der Waals surface area contributed by atoms with Gasteiger partial charge in [-0.05, 0) is 25.5 Å². The molecule has 0 aliphatic rings. The molecule has 0 radical (unpaired) electrons. The molecule has 0 spiro atoms. The van der Waals surface area contributed by atoms with Crippen molar-refractivity contribution in [3.63, 3.8) is 0 Å².